The van der Waals surface area contributed by atoms with Crippen LogP contribution in [0, 0.1) is 45.8 Å². The van der Waals surface area contributed by atoms with Gasteiger partial charge in [0.2, 0.25) is 0 Å². The number of hydrogen-bond donors (Lipinski definition) is 0. The predicted molar refractivity (Wildman–Crippen MR) is 117 cm³/mol. The minimum atomic E-state index is -0.112. The Kier molecular flexibility index (Phi) is 4.47. The lowest BCUT2D eigenvalue weighted by atomic mass is 9.84. The zero-order valence-electron chi connectivity index (χ0n) is 16.6. The van der Waals surface area contributed by atoms with Gasteiger partial charge in [-0.1, -0.05) is 48.6 Å². The van der Waals surface area contributed by atoms with Crippen LogP contribution in [0.25, 0.3) is 11.3 Å². The molecule has 31 heavy (non-hydrogen) atoms. The Balaban J connectivity index is 1.68. The highest BCUT2D eigenvalue weighted by molar-refractivity contribution is 5.83. The van der Waals surface area contributed by atoms with Gasteiger partial charge in [0.05, 0.1) is 40.5 Å². The maximum absolute atomic E-state index is 9.70. The molecule has 1 aliphatic heterocycles. The normalized spacial score (nSPS) is 23.0. The van der Waals surface area contributed by atoms with Crippen LogP contribution < -0.4 is 4.90 Å². The summed E-state index contributed by atoms with van der Waals surface area (Å²) in [6, 6.07) is 16.2. The second-order valence-corrected chi connectivity index (χ2v) is 7.73. The zero-order valence-corrected chi connectivity index (χ0v) is 16.6. The Hall–Kier alpha value is -4.40. The van der Waals surface area contributed by atoms with Gasteiger partial charge in [0.25, 0.3) is 0 Å². The molecule has 1 aromatic carbocycles. The van der Waals surface area contributed by atoms with E-state index in [0.717, 1.165) is 23.4 Å². The third-order valence-electron chi connectivity index (χ3n) is 6.04. The number of hydrogen-bond acceptors (Lipinski definition) is 5. The number of nitrogens with zero attached hydrogens (tertiary/aromatic N) is 5. The van der Waals surface area contributed by atoms with Crippen molar-refractivity contribution in [1.29, 1.82) is 15.8 Å². The number of aromatic nitrogens is 1. The Bertz CT molecular complexity index is 1320. The largest absolute Gasteiger partial charge is 0.333 e. The topological polar surface area (TPSA) is 87.5 Å². The van der Waals surface area contributed by atoms with Gasteiger partial charge < -0.3 is 4.90 Å². The van der Waals surface area contributed by atoms with Gasteiger partial charge in [-0.25, -0.2) is 0 Å². The minimum Gasteiger partial charge on any atom is -0.333 e. The first kappa shape index (κ1) is 18.6. The summed E-state index contributed by atoms with van der Waals surface area (Å²) in [5.41, 5.74) is 5.47. The Morgan fingerprint density at radius 2 is 1.84 bits per heavy atom. The van der Waals surface area contributed by atoms with Gasteiger partial charge in [0.1, 0.15) is 12.1 Å². The maximum atomic E-state index is 9.70. The summed E-state index contributed by atoms with van der Waals surface area (Å²) in [7, 11) is 0. The van der Waals surface area contributed by atoms with Gasteiger partial charge >= 0.3 is 0 Å². The van der Waals surface area contributed by atoms with E-state index in [2.05, 4.69) is 58.5 Å². The molecule has 5 rings (SSSR count). The van der Waals surface area contributed by atoms with E-state index >= 15 is 0 Å². The van der Waals surface area contributed by atoms with Crippen molar-refractivity contribution in [3.63, 3.8) is 0 Å². The molecule has 146 valence electrons. The van der Waals surface area contributed by atoms with Crippen molar-refractivity contribution in [2.45, 2.75) is 12.5 Å². The first-order valence-electron chi connectivity index (χ1n) is 10.1. The fraction of sp³-hybridized carbons (Fsp3) is 0.154. The third-order valence-corrected chi connectivity index (χ3v) is 6.04. The van der Waals surface area contributed by atoms with Gasteiger partial charge in [-0.2, -0.15) is 15.8 Å². The Morgan fingerprint density at radius 1 is 1.00 bits per heavy atom. The quantitative estimate of drug-likeness (QED) is 0.725. The van der Waals surface area contributed by atoms with Crippen molar-refractivity contribution in [2.24, 2.45) is 11.8 Å². The van der Waals surface area contributed by atoms with Gasteiger partial charge in [0, 0.05) is 23.4 Å². The highest BCUT2D eigenvalue weighted by Gasteiger charge is 2.41. The van der Waals surface area contributed by atoms with Crippen LogP contribution in [0.4, 0.5) is 5.69 Å². The predicted octanol–water partition coefficient (Wildman–Crippen LogP) is 4.78. The molecule has 3 unspecified atom stereocenters. The molecule has 1 aromatic heterocycles. The summed E-state index contributed by atoms with van der Waals surface area (Å²) in [5, 5.41) is 28.3. The summed E-state index contributed by atoms with van der Waals surface area (Å²) >= 11 is 0. The molecule has 0 fully saturated rings. The Labute approximate surface area is 180 Å². The average molecular weight is 399 g/mol. The number of allylic oxidation sites excluding steroid dienone is 4. The van der Waals surface area contributed by atoms with Crippen LogP contribution in [-0.2, 0) is 0 Å². The molecule has 2 aliphatic carbocycles. The van der Waals surface area contributed by atoms with Crippen molar-refractivity contribution < 1.29 is 0 Å². The van der Waals surface area contributed by atoms with Crippen LogP contribution in [0.15, 0.2) is 84.3 Å². The van der Waals surface area contributed by atoms with E-state index < -0.39 is 0 Å². The number of benzene rings is 1. The van der Waals surface area contributed by atoms with E-state index in [1.807, 2.05) is 30.3 Å². The number of rotatable bonds is 2. The monoisotopic (exact) mass is 399 g/mol. The first-order chi connectivity index (χ1) is 15.2. The van der Waals surface area contributed by atoms with Crippen LogP contribution >= 0.6 is 0 Å². The highest BCUT2D eigenvalue weighted by atomic mass is 15.2. The number of nitriles is 3. The van der Waals surface area contributed by atoms with Crippen LogP contribution in [0.2, 0.25) is 0 Å². The lowest BCUT2D eigenvalue weighted by Gasteiger charge is -2.31. The van der Waals surface area contributed by atoms with Gasteiger partial charge in [-0.3, -0.25) is 4.98 Å². The molecule has 2 aromatic rings. The number of fused-ring (bicyclic) bond motifs is 2. The number of pyridine rings is 1. The van der Waals surface area contributed by atoms with Crippen LogP contribution in [-0.4, -0.2) is 11.0 Å². The SMILES string of the molecule is N#Cc1cnc(-c2ccccc2N2C3=C(CC(C#N)C=C3)C3C=CC=CC32)c(C#N)c1. The molecular formula is C26H17N5. The molecule has 0 amide bonds. The molecule has 2 heterocycles. The molecule has 5 heteroatoms. The number of para-hydroxylation sites is 1. The minimum absolute atomic E-state index is 0.0992. The first-order valence-corrected chi connectivity index (χ1v) is 10.1. The van der Waals surface area contributed by atoms with Gasteiger partial charge in [-0.15, -0.1) is 0 Å². The molecule has 5 nitrogen and oxygen atoms in total. The van der Waals surface area contributed by atoms with E-state index in [1.165, 1.54) is 11.8 Å². The zero-order chi connectivity index (χ0) is 21.4. The van der Waals surface area contributed by atoms with Crippen molar-refractivity contribution in [3.05, 3.63) is 95.4 Å². The number of anilines is 1. The lowest BCUT2D eigenvalue weighted by molar-refractivity contribution is 0.640. The molecule has 0 N–H and O–H groups in total. The van der Waals surface area contributed by atoms with E-state index in [9.17, 15) is 15.8 Å². The average Bonchev–Trinajstić information content (AvgIpc) is 3.17. The molecule has 3 aliphatic rings. The van der Waals surface area contributed by atoms with Crippen molar-refractivity contribution >= 4 is 5.69 Å². The van der Waals surface area contributed by atoms with Gasteiger partial charge in [-0.05, 0) is 30.2 Å². The smallest absolute Gasteiger partial charge is 0.101 e. The molecule has 0 spiro atoms. The highest BCUT2D eigenvalue weighted by Crippen LogP contribution is 2.47. The molecule has 3 atom stereocenters. The Morgan fingerprint density at radius 3 is 2.65 bits per heavy atom. The summed E-state index contributed by atoms with van der Waals surface area (Å²) in [4.78, 5) is 6.77. The van der Waals surface area contributed by atoms with Crippen molar-refractivity contribution in [2.75, 3.05) is 4.90 Å². The summed E-state index contributed by atoms with van der Waals surface area (Å²) in [6.07, 6.45) is 14.8. The second kappa shape index (κ2) is 7.45. The second-order valence-electron chi connectivity index (χ2n) is 7.73. The van der Waals surface area contributed by atoms with Crippen molar-refractivity contribution in [1.82, 2.24) is 4.98 Å². The van der Waals surface area contributed by atoms with Gasteiger partial charge in [0.15, 0.2) is 0 Å². The van der Waals surface area contributed by atoms with Crippen LogP contribution in [0.3, 0.4) is 0 Å². The van der Waals surface area contributed by atoms with Crippen molar-refractivity contribution in [3.8, 4) is 29.5 Å². The van der Waals surface area contributed by atoms with E-state index in [4.69, 9.17) is 0 Å². The molecule has 0 saturated heterocycles. The summed E-state index contributed by atoms with van der Waals surface area (Å²) < 4.78 is 0. The fourth-order valence-corrected chi connectivity index (χ4v) is 4.68. The van der Waals surface area contributed by atoms with Crippen LogP contribution in [0.1, 0.15) is 17.5 Å². The van der Waals surface area contributed by atoms with E-state index in [-0.39, 0.29) is 17.9 Å². The summed E-state index contributed by atoms with van der Waals surface area (Å²) in [6.45, 7) is 0. The van der Waals surface area contributed by atoms with E-state index in [1.54, 1.807) is 6.07 Å². The molecule has 0 radical (unpaired) electrons. The third kappa shape index (κ3) is 2.94. The molecule has 0 bridgehead atoms. The fourth-order valence-electron chi connectivity index (χ4n) is 4.68. The molecule has 0 saturated carbocycles. The molecular weight excluding hydrogens is 382 g/mol. The maximum Gasteiger partial charge on any atom is 0.101 e. The van der Waals surface area contributed by atoms with E-state index in [0.29, 0.717) is 16.8 Å². The lowest BCUT2D eigenvalue weighted by Crippen LogP contribution is -2.32. The standard InChI is InChI=1S/C26H17N5/c27-13-17-9-10-25-22(12-17)20-5-1-3-7-23(20)31(25)24-8-4-2-6-21(24)26-19(15-29)11-18(14-28)16-30-26/h1-11,16-17,20,23H,12H2. The van der Waals surface area contributed by atoms with Crippen LogP contribution in [0.5, 0.6) is 0 Å². The summed E-state index contributed by atoms with van der Waals surface area (Å²) in [5.74, 6) is 0.0949.